The first kappa shape index (κ1) is 26.3. The number of carbonyl (C=O) groups is 2. The molecule has 2 saturated carbocycles. The fraction of sp³-hybridized carbons (Fsp3) is 0.758. The molecule has 5 aliphatic rings. The average Bonchev–Trinajstić information content (AvgIpc) is 3.26. The summed E-state index contributed by atoms with van der Waals surface area (Å²) in [5.41, 5.74) is 2.75. The van der Waals surface area contributed by atoms with Crippen LogP contribution in [-0.2, 0) is 11.2 Å². The highest BCUT2D eigenvalue weighted by atomic mass is 16.6. The van der Waals surface area contributed by atoms with Crippen LogP contribution in [0.15, 0.2) is 18.2 Å². The van der Waals surface area contributed by atoms with E-state index in [2.05, 4.69) is 30.9 Å². The predicted molar refractivity (Wildman–Crippen MR) is 151 cm³/mol. The Morgan fingerprint density at radius 2 is 1.84 bits per heavy atom. The summed E-state index contributed by atoms with van der Waals surface area (Å²) in [6.07, 6.45) is 14.7. The number of carbonyl (C=O) groups excluding carboxylic acids is 2. The zero-order valence-electron chi connectivity index (χ0n) is 23.8. The van der Waals surface area contributed by atoms with Crippen LogP contribution in [0.3, 0.4) is 0 Å². The molecule has 0 radical (unpaired) electrons. The summed E-state index contributed by atoms with van der Waals surface area (Å²) < 4.78 is 5.98. The van der Waals surface area contributed by atoms with Crippen molar-refractivity contribution in [2.75, 3.05) is 26.2 Å². The van der Waals surface area contributed by atoms with Crippen molar-refractivity contribution in [2.45, 2.75) is 109 Å². The number of ether oxygens (including phenoxy) is 1. The molecule has 38 heavy (non-hydrogen) atoms. The Morgan fingerprint density at radius 3 is 2.61 bits per heavy atom. The van der Waals surface area contributed by atoms with Crippen LogP contribution in [0.1, 0.15) is 108 Å². The predicted octanol–water partition coefficient (Wildman–Crippen LogP) is 6.98. The number of ketones is 1. The van der Waals surface area contributed by atoms with Gasteiger partial charge in [0.25, 0.3) is 0 Å². The molecule has 1 amide bonds. The van der Waals surface area contributed by atoms with E-state index < -0.39 is 0 Å². The van der Waals surface area contributed by atoms with Crippen molar-refractivity contribution in [1.82, 2.24) is 9.80 Å². The van der Waals surface area contributed by atoms with E-state index in [-0.39, 0.29) is 11.5 Å². The largest absolute Gasteiger partial charge is 0.415 e. The quantitative estimate of drug-likeness (QED) is 0.420. The normalized spacial score (nSPS) is 33.9. The maximum absolute atomic E-state index is 13.1. The lowest BCUT2D eigenvalue weighted by Crippen LogP contribution is -2.48. The van der Waals surface area contributed by atoms with Gasteiger partial charge in [-0.3, -0.25) is 4.79 Å². The summed E-state index contributed by atoms with van der Waals surface area (Å²) in [6, 6.07) is 7.10. The molecule has 6 rings (SSSR count). The van der Waals surface area contributed by atoms with Gasteiger partial charge in [-0.05, 0) is 118 Å². The number of hydrogen-bond acceptors (Lipinski definition) is 4. The SMILES string of the molecule is CCCC[C@@H]1Cc2cc(OC(=O)N3CCC(N4CCCCC4)CC3)ccc2[C@H]2CC[C@]3(C)C(=O)CC[C@H]3[C@H]12. The standard InChI is InChI=1S/C33H48N2O3/c1-3-4-8-23-21-24-22-26(38-32(37)35-19-14-25(15-20-35)34-17-6-5-7-18-34)9-10-27(24)28-13-16-33(2)29(31(23)28)11-12-30(33)36/h9-10,22-23,25,28-29,31H,3-8,11-21H2,1-2H3/t23-,28-,29+,31-,33+/m1/s1. The summed E-state index contributed by atoms with van der Waals surface area (Å²) in [7, 11) is 0. The van der Waals surface area contributed by atoms with Crippen LogP contribution in [-0.4, -0.2) is 53.9 Å². The Balaban J connectivity index is 1.14. The second-order valence-corrected chi connectivity index (χ2v) is 13.4. The van der Waals surface area contributed by atoms with E-state index in [0.717, 1.165) is 58.0 Å². The third-order valence-electron chi connectivity index (χ3n) is 11.3. The molecule has 5 heteroatoms. The van der Waals surface area contributed by atoms with Crippen LogP contribution in [0.25, 0.3) is 0 Å². The smallest absolute Gasteiger partial charge is 0.410 e. The third-order valence-corrected chi connectivity index (χ3v) is 11.3. The van der Waals surface area contributed by atoms with Gasteiger partial charge in [-0.15, -0.1) is 0 Å². The Morgan fingerprint density at radius 1 is 1.05 bits per heavy atom. The van der Waals surface area contributed by atoms with Crippen molar-refractivity contribution < 1.29 is 14.3 Å². The number of fused-ring (bicyclic) bond motifs is 5. The topological polar surface area (TPSA) is 49.9 Å². The van der Waals surface area contributed by atoms with Crippen molar-refractivity contribution in [3.05, 3.63) is 29.3 Å². The van der Waals surface area contributed by atoms with Gasteiger partial charge >= 0.3 is 6.09 Å². The molecule has 0 unspecified atom stereocenters. The Kier molecular flexibility index (Phi) is 7.59. The maximum Gasteiger partial charge on any atom is 0.415 e. The number of benzene rings is 1. The van der Waals surface area contributed by atoms with Gasteiger partial charge in [0.15, 0.2) is 0 Å². The molecule has 2 saturated heterocycles. The fourth-order valence-electron chi connectivity index (χ4n) is 9.21. The number of amides is 1. The molecule has 0 spiro atoms. The highest BCUT2D eigenvalue weighted by Gasteiger charge is 2.56. The number of rotatable bonds is 5. The monoisotopic (exact) mass is 520 g/mol. The van der Waals surface area contributed by atoms with E-state index in [9.17, 15) is 9.59 Å². The molecule has 5 atom stereocenters. The van der Waals surface area contributed by atoms with E-state index in [0.29, 0.717) is 41.2 Å². The molecule has 0 N–H and O–H groups in total. The van der Waals surface area contributed by atoms with E-state index in [1.54, 1.807) is 0 Å². The first-order valence-corrected chi connectivity index (χ1v) is 15.8. The molecule has 1 aromatic carbocycles. The lowest BCUT2D eigenvalue weighted by Gasteiger charge is -2.51. The highest BCUT2D eigenvalue weighted by Crippen LogP contribution is 2.61. The van der Waals surface area contributed by atoms with Crippen molar-refractivity contribution in [1.29, 1.82) is 0 Å². The second kappa shape index (κ2) is 10.9. The maximum atomic E-state index is 13.1. The minimum Gasteiger partial charge on any atom is -0.410 e. The van der Waals surface area contributed by atoms with Gasteiger partial charge < -0.3 is 14.5 Å². The number of piperidine rings is 2. The molecule has 0 bridgehead atoms. The first-order chi connectivity index (χ1) is 18.5. The van der Waals surface area contributed by atoms with E-state index in [1.165, 1.54) is 62.7 Å². The molecule has 2 aliphatic heterocycles. The van der Waals surface area contributed by atoms with Crippen LogP contribution in [0, 0.1) is 23.2 Å². The molecular formula is C33H48N2O3. The van der Waals surface area contributed by atoms with Crippen molar-refractivity contribution in [3.8, 4) is 5.75 Å². The van der Waals surface area contributed by atoms with Crippen LogP contribution < -0.4 is 4.74 Å². The highest BCUT2D eigenvalue weighted by molar-refractivity contribution is 5.87. The number of hydrogen-bond donors (Lipinski definition) is 0. The summed E-state index contributed by atoms with van der Waals surface area (Å²) >= 11 is 0. The van der Waals surface area contributed by atoms with Gasteiger partial charge in [-0.25, -0.2) is 4.79 Å². The average molecular weight is 521 g/mol. The van der Waals surface area contributed by atoms with Gasteiger partial charge in [0.05, 0.1) is 0 Å². The summed E-state index contributed by atoms with van der Waals surface area (Å²) in [6.45, 7) is 8.60. The van der Waals surface area contributed by atoms with Crippen molar-refractivity contribution in [3.63, 3.8) is 0 Å². The van der Waals surface area contributed by atoms with Crippen molar-refractivity contribution >= 4 is 11.9 Å². The molecule has 1 aromatic rings. The number of unbranched alkanes of at least 4 members (excludes halogenated alkanes) is 1. The van der Waals surface area contributed by atoms with Gasteiger partial charge in [0, 0.05) is 31.0 Å². The minimum absolute atomic E-state index is 0.0972. The van der Waals surface area contributed by atoms with Crippen LogP contribution in [0.5, 0.6) is 5.75 Å². The van der Waals surface area contributed by atoms with E-state index in [4.69, 9.17) is 4.74 Å². The zero-order valence-corrected chi connectivity index (χ0v) is 23.8. The van der Waals surface area contributed by atoms with E-state index in [1.807, 2.05) is 11.0 Å². The number of nitrogens with zero attached hydrogens (tertiary/aromatic N) is 2. The second-order valence-electron chi connectivity index (χ2n) is 13.4. The number of Topliss-reactive ketones (excluding diaryl/α,β-unsaturated/α-hetero) is 1. The molecule has 2 heterocycles. The molecule has 208 valence electrons. The Bertz CT molecular complexity index is 1030. The molecule has 0 aromatic heterocycles. The fourth-order valence-corrected chi connectivity index (χ4v) is 9.21. The lowest BCUT2D eigenvalue weighted by atomic mass is 9.52. The van der Waals surface area contributed by atoms with Crippen LogP contribution >= 0.6 is 0 Å². The molecule has 5 nitrogen and oxygen atoms in total. The number of likely N-dealkylation sites (tertiary alicyclic amines) is 2. The molecule has 4 fully saturated rings. The van der Waals surface area contributed by atoms with Crippen molar-refractivity contribution in [2.24, 2.45) is 23.2 Å². The Labute approximate surface area is 229 Å². The van der Waals surface area contributed by atoms with Gasteiger partial charge in [0.2, 0.25) is 0 Å². The summed E-state index contributed by atoms with van der Waals surface area (Å²) in [5.74, 6) is 3.55. The van der Waals surface area contributed by atoms with Gasteiger partial charge in [0.1, 0.15) is 11.5 Å². The van der Waals surface area contributed by atoms with E-state index >= 15 is 0 Å². The van der Waals surface area contributed by atoms with Crippen LogP contribution in [0.4, 0.5) is 4.79 Å². The lowest BCUT2D eigenvalue weighted by molar-refractivity contribution is -0.130. The third kappa shape index (κ3) is 4.82. The van der Waals surface area contributed by atoms with Gasteiger partial charge in [-0.1, -0.05) is 39.2 Å². The van der Waals surface area contributed by atoms with Crippen LogP contribution in [0.2, 0.25) is 0 Å². The minimum atomic E-state index is -0.184. The molecule has 3 aliphatic carbocycles. The Hall–Kier alpha value is -1.88. The summed E-state index contributed by atoms with van der Waals surface area (Å²) in [4.78, 5) is 30.6. The molecular weight excluding hydrogens is 472 g/mol. The zero-order chi connectivity index (χ0) is 26.3. The van der Waals surface area contributed by atoms with Gasteiger partial charge in [-0.2, -0.15) is 0 Å². The first-order valence-electron chi connectivity index (χ1n) is 15.8. The summed E-state index contributed by atoms with van der Waals surface area (Å²) in [5, 5.41) is 0.